The second kappa shape index (κ2) is 12.0. The average Bonchev–Trinajstić information content (AvgIpc) is 2.80. The van der Waals surface area contributed by atoms with E-state index in [1.807, 2.05) is 59.5 Å². The third kappa shape index (κ3) is 7.63. The Hall–Kier alpha value is -3.02. The molecule has 1 fully saturated rings. The summed E-state index contributed by atoms with van der Waals surface area (Å²) in [7, 11) is 0. The number of piperidine rings is 1. The van der Waals surface area contributed by atoms with Crippen LogP contribution >= 0.6 is 0 Å². The van der Waals surface area contributed by atoms with E-state index in [9.17, 15) is 9.59 Å². The number of anilines is 1. The molecule has 166 valence electrons. The first-order valence-corrected chi connectivity index (χ1v) is 11.2. The highest BCUT2D eigenvalue weighted by Gasteiger charge is 2.24. The predicted octanol–water partition coefficient (Wildman–Crippen LogP) is 4.82. The van der Waals surface area contributed by atoms with Crippen molar-refractivity contribution in [2.24, 2.45) is 5.92 Å². The van der Waals surface area contributed by atoms with Crippen molar-refractivity contribution in [1.82, 2.24) is 10.2 Å². The Morgan fingerprint density at radius 2 is 1.74 bits per heavy atom. The zero-order valence-corrected chi connectivity index (χ0v) is 18.3. The van der Waals surface area contributed by atoms with E-state index in [2.05, 4.69) is 17.6 Å². The maximum atomic E-state index is 12.4. The number of para-hydroxylation sites is 1. The van der Waals surface area contributed by atoms with E-state index < -0.39 is 0 Å². The molecule has 0 bridgehead atoms. The molecule has 1 aliphatic rings. The fourth-order valence-electron chi connectivity index (χ4n) is 3.64. The number of hydrogen-bond donors (Lipinski definition) is 2. The normalized spacial score (nSPS) is 14.2. The summed E-state index contributed by atoms with van der Waals surface area (Å²) < 4.78 is 5.67. The van der Waals surface area contributed by atoms with Crippen molar-refractivity contribution in [2.75, 3.05) is 25.0 Å². The van der Waals surface area contributed by atoms with Crippen LogP contribution in [0.1, 0.15) is 44.6 Å². The summed E-state index contributed by atoms with van der Waals surface area (Å²) in [5, 5.41) is 5.93. The van der Waals surface area contributed by atoms with Crippen molar-refractivity contribution in [1.29, 1.82) is 0 Å². The van der Waals surface area contributed by atoms with Crippen LogP contribution in [-0.4, -0.2) is 36.5 Å². The minimum atomic E-state index is -0.0729. The molecule has 6 heteroatoms. The van der Waals surface area contributed by atoms with Gasteiger partial charge in [-0.1, -0.05) is 43.7 Å². The molecule has 31 heavy (non-hydrogen) atoms. The number of ether oxygens (including phenoxy) is 1. The van der Waals surface area contributed by atoms with Crippen LogP contribution in [0.2, 0.25) is 0 Å². The van der Waals surface area contributed by atoms with Crippen molar-refractivity contribution in [3.05, 3.63) is 60.2 Å². The van der Waals surface area contributed by atoms with E-state index in [4.69, 9.17) is 4.74 Å². The second-order valence-electron chi connectivity index (χ2n) is 8.05. The van der Waals surface area contributed by atoms with E-state index >= 15 is 0 Å². The van der Waals surface area contributed by atoms with Crippen LogP contribution in [-0.2, 0) is 11.3 Å². The molecule has 0 spiro atoms. The first kappa shape index (κ1) is 22.7. The molecule has 2 aromatic carbocycles. The Labute approximate surface area is 185 Å². The molecule has 1 aliphatic heterocycles. The lowest BCUT2D eigenvalue weighted by Gasteiger charge is -2.31. The first-order valence-electron chi connectivity index (χ1n) is 11.2. The summed E-state index contributed by atoms with van der Waals surface area (Å²) in [6.45, 7) is 4.75. The van der Waals surface area contributed by atoms with Gasteiger partial charge in [-0.15, -0.1) is 0 Å². The summed E-state index contributed by atoms with van der Waals surface area (Å²) in [5.41, 5.74) is 1.86. The van der Waals surface area contributed by atoms with Crippen molar-refractivity contribution in [2.45, 2.75) is 45.6 Å². The van der Waals surface area contributed by atoms with E-state index in [-0.39, 0.29) is 11.9 Å². The van der Waals surface area contributed by atoms with Crippen molar-refractivity contribution >= 4 is 17.6 Å². The van der Waals surface area contributed by atoms with E-state index in [1.165, 1.54) is 0 Å². The smallest absolute Gasteiger partial charge is 0.321 e. The molecule has 6 nitrogen and oxygen atoms in total. The average molecular weight is 424 g/mol. The summed E-state index contributed by atoms with van der Waals surface area (Å²) in [5.74, 6) is 1.25. The standard InChI is InChI=1S/C25H33N3O3/c1-2-3-17-31-23-11-9-21(10-12-23)19-26-24(29)18-20-13-15-28(16-14-20)25(30)27-22-7-5-4-6-8-22/h4-12,20H,2-3,13-19H2,1H3,(H,26,29)(H,27,30). The predicted molar refractivity (Wildman–Crippen MR) is 123 cm³/mol. The fourth-order valence-corrected chi connectivity index (χ4v) is 3.64. The molecule has 0 aromatic heterocycles. The number of urea groups is 1. The molecule has 1 saturated heterocycles. The van der Waals surface area contributed by atoms with Crippen LogP contribution < -0.4 is 15.4 Å². The van der Waals surface area contributed by atoms with Gasteiger partial charge < -0.3 is 20.3 Å². The molecule has 0 atom stereocenters. The number of rotatable bonds is 9. The molecule has 2 aromatic rings. The third-order valence-corrected chi connectivity index (χ3v) is 5.58. The van der Waals surface area contributed by atoms with Gasteiger partial charge in [-0.05, 0) is 55.0 Å². The Bertz CT molecular complexity index is 816. The minimum absolute atomic E-state index is 0.0652. The second-order valence-corrected chi connectivity index (χ2v) is 8.05. The highest BCUT2D eigenvalue weighted by molar-refractivity contribution is 5.89. The number of unbranched alkanes of at least 4 members (excludes halogenated alkanes) is 1. The highest BCUT2D eigenvalue weighted by Crippen LogP contribution is 2.21. The first-order chi connectivity index (χ1) is 15.1. The van der Waals surface area contributed by atoms with Gasteiger partial charge in [0.25, 0.3) is 0 Å². The number of nitrogens with zero attached hydrogens (tertiary/aromatic N) is 1. The lowest BCUT2D eigenvalue weighted by Crippen LogP contribution is -2.41. The number of hydrogen-bond acceptors (Lipinski definition) is 3. The molecular formula is C25H33N3O3. The maximum absolute atomic E-state index is 12.4. The summed E-state index contributed by atoms with van der Waals surface area (Å²) in [4.78, 5) is 26.6. The number of likely N-dealkylation sites (tertiary alicyclic amines) is 1. The Morgan fingerprint density at radius 1 is 1.03 bits per heavy atom. The summed E-state index contributed by atoms with van der Waals surface area (Å²) in [6, 6.07) is 17.3. The Balaban J connectivity index is 1.34. The topological polar surface area (TPSA) is 70.7 Å². The zero-order valence-electron chi connectivity index (χ0n) is 18.3. The third-order valence-electron chi connectivity index (χ3n) is 5.58. The zero-order chi connectivity index (χ0) is 21.9. The number of amides is 3. The molecule has 0 radical (unpaired) electrons. The summed E-state index contributed by atoms with van der Waals surface area (Å²) >= 11 is 0. The van der Waals surface area contributed by atoms with E-state index in [0.29, 0.717) is 32.0 Å². The molecule has 3 amide bonds. The van der Waals surface area contributed by atoms with Gasteiger partial charge in [0.15, 0.2) is 0 Å². The Kier molecular flexibility index (Phi) is 8.76. The van der Waals surface area contributed by atoms with Crippen LogP contribution in [0.15, 0.2) is 54.6 Å². The molecule has 1 heterocycles. The van der Waals surface area contributed by atoms with Gasteiger partial charge in [0, 0.05) is 31.7 Å². The highest BCUT2D eigenvalue weighted by atomic mass is 16.5. The Morgan fingerprint density at radius 3 is 2.42 bits per heavy atom. The number of carbonyl (C=O) groups is 2. The molecular weight excluding hydrogens is 390 g/mol. The van der Waals surface area contributed by atoms with Crippen LogP contribution in [0.3, 0.4) is 0 Å². The molecule has 2 N–H and O–H groups in total. The van der Waals surface area contributed by atoms with Crippen LogP contribution in [0.25, 0.3) is 0 Å². The molecule has 0 aliphatic carbocycles. The van der Waals surface area contributed by atoms with Gasteiger partial charge in [-0.3, -0.25) is 4.79 Å². The quantitative estimate of drug-likeness (QED) is 0.568. The van der Waals surface area contributed by atoms with Gasteiger partial charge in [0.05, 0.1) is 6.61 Å². The van der Waals surface area contributed by atoms with Crippen LogP contribution in [0.4, 0.5) is 10.5 Å². The van der Waals surface area contributed by atoms with E-state index in [1.54, 1.807) is 0 Å². The number of carbonyl (C=O) groups excluding carboxylic acids is 2. The van der Waals surface area contributed by atoms with Gasteiger partial charge in [-0.25, -0.2) is 4.79 Å². The minimum Gasteiger partial charge on any atom is -0.494 e. The maximum Gasteiger partial charge on any atom is 0.321 e. The van der Waals surface area contributed by atoms with Crippen LogP contribution in [0, 0.1) is 5.92 Å². The lowest BCUT2D eigenvalue weighted by atomic mass is 9.93. The van der Waals surface area contributed by atoms with Gasteiger partial charge in [-0.2, -0.15) is 0 Å². The molecule has 3 rings (SSSR count). The van der Waals surface area contributed by atoms with Crippen molar-refractivity contribution in [3.8, 4) is 5.75 Å². The lowest BCUT2D eigenvalue weighted by molar-refractivity contribution is -0.122. The van der Waals surface area contributed by atoms with Crippen LogP contribution in [0.5, 0.6) is 5.75 Å². The fraction of sp³-hybridized carbons (Fsp3) is 0.440. The van der Waals surface area contributed by atoms with Crippen molar-refractivity contribution in [3.63, 3.8) is 0 Å². The van der Waals surface area contributed by atoms with Gasteiger partial charge >= 0.3 is 6.03 Å². The van der Waals surface area contributed by atoms with Crippen molar-refractivity contribution < 1.29 is 14.3 Å². The number of nitrogens with one attached hydrogen (secondary N) is 2. The monoisotopic (exact) mass is 423 g/mol. The molecule has 0 unspecified atom stereocenters. The summed E-state index contributed by atoms with van der Waals surface area (Å²) in [6.07, 6.45) is 4.36. The largest absolute Gasteiger partial charge is 0.494 e. The molecule has 0 saturated carbocycles. The van der Waals surface area contributed by atoms with Gasteiger partial charge in [0.1, 0.15) is 5.75 Å². The van der Waals surface area contributed by atoms with Gasteiger partial charge in [0.2, 0.25) is 5.91 Å². The van der Waals surface area contributed by atoms with E-state index in [0.717, 1.165) is 49.3 Å². The SMILES string of the molecule is CCCCOc1ccc(CNC(=O)CC2CCN(C(=O)Nc3ccccc3)CC2)cc1. The number of benzene rings is 2.